The zero-order valence-electron chi connectivity index (χ0n) is 16.9. The van der Waals surface area contributed by atoms with Crippen molar-refractivity contribution in [1.29, 1.82) is 0 Å². The van der Waals surface area contributed by atoms with Crippen LogP contribution in [0.5, 0.6) is 0 Å². The van der Waals surface area contributed by atoms with Crippen molar-refractivity contribution in [3.63, 3.8) is 0 Å². The van der Waals surface area contributed by atoms with Crippen molar-refractivity contribution in [2.75, 3.05) is 13.1 Å². The number of nitrogens with one attached hydrogen (secondary N) is 3. The number of nitrogens with zero attached hydrogens (tertiary/aromatic N) is 1. The van der Waals surface area contributed by atoms with Gasteiger partial charge in [0.25, 0.3) is 0 Å². The fourth-order valence-electron chi connectivity index (χ4n) is 2.24. The zero-order chi connectivity index (χ0) is 24.1. The van der Waals surface area contributed by atoms with Crippen LogP contribution in [-0.4, -0.2) is 88.3 Å². The second-order valence-electron chi connectivity index (χ2n) is 6.55. The summed E-state index contributed by atoms with van der Waals surface area (Å²) in [5.41, 5.74) is 16.1. The molecular weight excluding hydrogens is 418 g/mol. The molecule has 12 N–H and O–H groups in total. The normalized spacial score (nSPS) is 14.3. The molecule has 0 rings (SSSR count). The van der Waals surface area contributed by atoms with Crippen molar-refractivity contribution in [2.45, 2.75) is 50.4 Å². The maximum absolute atomic E-state index is 12.4. The molecule has 0 aliphatic heterocycles. The van der Waals surface area contributed by atoms with E-state index in [0.29, 0.717) is 6.42 Å². The van der Waals surface area contributed by atoms with Crippen LogP contribution in [0.1, 0.15) is 26.2 Å². The van der Waals surface area contributed by atoms with Crippen molar-refractivity contribution in [3.05, 3.63) is 0 Å². The van der Waals surface area contributed by atoms with Crippen molar-refractivity contribution < 1.29 is 39.3 Å². The van der Waals surface area contributed by atoms with Crippen LogP contribution in [-0.2, 0) is 24.0 Å². The van der Waals surface area contributed by atoms with Crippen LogP contribution in [0.2, 0.25) is 0 Å². The van der Waals surface area contributed by atoms with E-state index < -0.39 is 66.9 Å². The number of rotatable bonds is 14. The summed E-state index contributed by atoms with van der Waals surface area (Å²) < 4.78 is 0. The molecule has 176 valence electrons. The smallest absolute Gasteiger partial charge is 0.322 e. The molecule has 0 aromatic rings. The number of aliphatic imine (C=N–C) groups is 1. The van der Waals surface area contributed by atoms with Gasteiger partial charge >= 0.3 is 11.9 Å². The third-order valence-corrected chi connectivity index (χ3v) is 3.79. The highest BCUT2D eigenvalue weighted by Crippen LogP contribution is 2.01. The van der Waals surface area contributed by atoms with Crippen LogP contribution in [0.15, 0.2) is 4.99 Å². The first-order chi connectivity index (χ1) is 14.3. The molecule has 0 radical (unpaired) electrons. The number of hydrogen-bond acceptors (Lipinski definition) is 8. The highest BCUT2D eigenvalue weighted by atomic mass is 16.4. The van der Waals surface area contributed by atoms with Crippen LogP contribution in [0.25, 0.3) is 0 Å². The van der Waals surface area contributed by atoms with Gasteiger partial charge < -0.3 is 48.5 Å². The van der Waals surface area contributed by atoms with Crippen molar-refractivity contribution >= 4 is 35.6 Å². The molecule has 0 aromatic carbocycles. The van der Waals surface area contributed by atoms with Gasteiger partial charge in [-0.1, -0.05) is 0 Å². The van der Waals surface area contributed by atoms with Gasteiger partial charge in [-0.3, -0.25) is 29.0 Å². The summed E-state index contributed by atoms with van der Waals surface area (Å²) in [7, 11) is 0. The molecule has 3 amide bonds. The lowest BCUT2D eigenvalue weighted by Gasteiger charge is -2.24. The SMILES string of the molecule is CC(O)C(NC(=O)C(CC(=O)O)NC(=O)C(N)CCCN=C(N)N)C(=O)NCC(=O)O. The van der Waals surface area contributed by atoms with E-state index in [9.17, 15) is 29.1 Å². The van der Waals surface area contributed by atoms with E-state index in [-0.39, 0.29) is 18.9 Å². The van der Waals surface area contributed by atoms with E-state index in [0.717, 1.165) is 6.92 Å². The Labute approximate surface area is 177 Å². The molecule has 0 aliphatic carbocycles. The summed E-state index contributed by atoms with van der Waals surface area (Å²) in [5, 5.41) is 33.6. The second-order valence-corrected chi connectivity index (χ2v) is 6.55. The van der Waals surface area contributed by atoms with Gasteiger partial charge in [-0.05, 0) is 19.8 Å². The Balaban J connectivity index is 5.09. The zero-order valence-corrected chi connectivity index (χ0v) is 16.9. The molecular formula is C16H29N7O8. The van der Waals surface area contributed by atoms with E-state index in [1.54, 1.807) is 0 Å². The summed E-state index contributed by atoms with van der Waals surface area (Å²) in [5.74, 6) is -5.83. The lowest BCUT2D eigenvalue weighted by atomic mass is 10.1. The van der Waals surface area contributed by atoms with Crippen molar-refractivity contribution in [2.24, 2.45) is 22.2 Å². The summed E-state index contributed by atoms with van der Waals surface area (Å²) in [6.45, 7) is 0.606. The number of carbonyl (C=O) groups is 5. The Hall–Kier alpha value is -3.46. The van der Waals surface area contributed by atoms with Crippen molar-refractivity contribution in [1.82, 2.24) is 16.0 Å². The standard InChI is InChI=1S/C16H29N7O8/c1-7(24)12(15(31)21-6-11(27)28)23-14(30)9(5-10(25)26)22-13(29)8(17)3-2-4-20-16(18)19/h7-9,12,24H,2-6,17H2,1H3,(H,21,31)(H,22,29)(H,23,30)(H,25,26)(H,27,28)(H4,18,19,20). The van der Waals surface area contributed by atoms with Gasteiger partial charge in [-0.2, -0.15) is 0 Å². The Morgan fingerprint density at radius 1 is 0.968 bits per heavy atom. The summed E-state index contributed by atoms with van der Waals surface area (Å²) in [6, 6.07) is -4.29. The van der Waals surface area contributed by atoms with Gasteiger partial charge in [0.1, 0.15) is 18.6 Å². The molecule has 0 spiro atoms. The van der Waals surface area contributed by atoms with Crippen LogP contribution in [0.3, 0.4) is 0 Å². The van der Waals surface area contributed by atoms with E-state index in [4.69, 9.17) is 27.4 Å². The van der Waals surface area contributed by atoms with E-state index in [1.807, 2.05) is 5.32 Å². The maximum Gasteiger partial charge on any atom is 0.322 e. The number of aliphatic hydroxyl groups excluding tert-OH is 1. The molecule has 0 aliphatic rings. The molecule has 4 unspecified atom stereocenters. The minimum atomic E-state index is -1.61. The lowest BCUT2D eigenvalue weighted by Crippen LogP contribution is -2.59. The van der Waals surface area contributed by atoms with E-state index in [2.05, 4.69) is 15.6 Å². The van der Waals surface area contributed by atoms with E-state index >= 15 is 0 Å². The summed E-state index contributed by atoms with van der Waals surface area (Å²) >= 11 is 0. The van der Waals surface area contributed by atoms with Gasteiger partial charge in [-0.25, -0.2) is 0 Å². The Morgan fingerprint density at radius 2 is 1.58 bits per heavy atom. The number of amides is 3. The molecule has 15 heteroatoms. The first-order valence-electron chi connectivity index (χ1n) is 9.16. The Kier molecular flexibility index (Phi) is 12.2. The molecule has 0 heterocycles. The number of aliphatic hydroxyl groups is 1. The molecule has 0 fully saturated rings. The molecule has 31 heavy (non-hydrogen) atoms. The highest BCUT2D eigenvalue weighted by molar-refractivity contribution is 5.95. The number of hydrogen-bond donors (Lipinski definition) is 9. The van der Waals surface area contributed by atoms with Gasteiger partial charge in [0.05, 0.1) is 18.6 Å². The minimum absolute atomic E-state index is 0.128. The first kappa shape index (κ1) is 27.5. The average Bonchev–Trinajstić information content (AvgIpc) is 2.65. The number of carbonyl (C=O) groups excluding carboxylic acids is 3. The quantitative estimate of drug-likeness (QED) is 0.0693. The molecule has 15 nitrogen and oxygen atoms in total. The fraction of sp³-hybridized carbons (Fsp3) is 0.625. The Morgan fingerprint density at radius 3 is 2.06 bits per heavy atom. The van der Waals surface area contributed by atoms with Crippen molar-refractivity contribution in [3.8, 4) is 0 Å². The highest BCUT2D eigenvalue weighted by Gasteiger charge is 2.31. The van der Waals surface area contributed by atoms with E-state index in [1.165, 1.54) is 0 Å². The molecule has 0 bridgehead atoms. The number of nitrogens with two attached hydrogens (primary N) is 3. The fourth-order valence-corrected chi connectivity index (χ4v) is 2.24. The topological polar surface area (TPSA) is 273 Å². The van der Waals surface area contributed by atoms with Crippen LogP contribution >= 0.6 is 0 Å². The first-order valence-corrected chi connectivity index (χ1v) is 9.16. The van der Waals surface area contributed by atoms with Gasteiger partial charge in [0, 0.05) is 6.54 Å². The predicted molar refractivity (Wildman–Crippen MR) is 106 cm³/mol. The molecule has 0 saturated carbocycles. The van der Waals surface area contributed by atoms with Crippen LogP contribution in [0.4, 0.5) is 0 Å². The number of guanidine groups is 1. The second kappa shape index (κ2) is 13.7. The van der Waals surface area contributed by atoms with Crippen LogP contribution in [0, 0.1) is 0 Å². The van der Waals surface area contributed by atoms with Crippen LogP contribution < -0.4 is 33.2 Å². The predicted octanol–water partition coefficient (Wildman–Crippen LogP) is -4.61. The summed E-state index contributed by atoms with van der Waals surface area (Å²) in [6.07, 6.45) is -1.80. The molecule has 0 saturated heterocycles. The third-order valence-electron chi connectivity index (χ3n) is 3.79. The van der Waals surface area contributed by atoms with Gasteiger partial charge in [0.2, 0.25) is 17.7 Å². The third kappa shape index (κ3) is 12.0. The van der Waals surface area contributed by atoms with Gasteiger partial charge in [0.15, 0.2) is 5.96 Å². The minimum Gasteiger partial charge on any atom is -0.481 e. The number of carboxylic acids is 2. The average molecular weight is 447 g/mol. The Bertz CT molecular complexity index is 693. The van der Waals surface area contributed by atoms with Gasteiger partial charge in [-0.15, -0.1) is 0 Å². The number of aliphatic carboxylic acids is 2. The number of carboxylic acid groups (broad SMARTS) is 2. The molecule has 4 atom stereocenters. The summed E-state index contributed by atoms with van der Waals surface area (Å²) in [4.78, 5) is 62.0. The monoisotopic (exact) mass is 447 g/mol. The largest absolute Gasteiger partial charge is 0.481 e. The molecule has 0 aromatic heterocycles. The lowest BCUT2D eigenvalue weighted by molar-refractivity contribution is -0.142. The maximum atomic E-state index is 12.4.